The zero-order valence-corrected chi connectivity index (χ0v) is 20.6. The van der Waals surface area contributed by atoms with Crippen molar-refractivity contribution in [3.05, 3.63) is 70.5 Å². The number of fused-ring (bicyclic) bond motifs is 1. The minimum atomic E-state index is -4.70. The summed E-state index contributed by atoms with van der Waals surface area (Å²) in [5.41, 5.74) is 0.377. The summed E-state index contributed by atoms with van der Waals surface area (Å²) in [4.78, 5) is 29.1. The minimum Gasteiger partial charge on any atom is -0.465 e. The predicted molar refractivity (Wildman–Crippen MR) is 137 cm³/mol. The fourth-order valence-corrected chi connectivity index (χ4v) is 4.96. The van der Waals surface area contributed by atoms with E-state index in [4.69, 9.17) is 9.52 Å². The normalized spacial score (nSPS) is 14.7. The van der Waals surface area contributed by atoms with Crippen LogP contribution in [0.15, 0.2) is 63.8 Å². The second-order valence-electron chi connectivity index (χ2n) is 9.39. The number of nitrogens with zero attached hydrogens (tertiary/aromatic N) is 2. The van der Waals surface area contributed by atoms with Gasteiger partial charge in [0.1, 0.15) is 17.7 Å². The number of anilines is 1. The van der Waals surface area contributed by atoms with E-state index in [2.05, 4.69) is 15.6 Å². The van der Waals surface area contributed by atoms with E-state index in [1.807, 2.05) is 0 Å². The molecule has 1 fully saturated rings. The number of benzene rings is 2. The molecule has 12 heteroatoms. The van der Waals surface area contributed by atoms with Crippen LogP contribution in [-0.2, 0) is 12.1 Å². The molecule has 0 atom stereocenters. The summed E-state index contributed by atoms with van der Waals surface area (Å²) in [5.74, 6) is -0.139. The molecule has 1 aliphatic carbocycles. The highest BCUT2D eigenvalue weighted by Crippen LogP contribution is 2.43. The number of rotatable bonds is 8. The summed E-state index contributed by atoms with van der Waals surface area (Å²) in [6.45, 7) is -2.09. The molecule has 204 valence electrons. The zero-order valence-electron chi connectivity index (χ0n) is 20.6. The van der Waals surface area contributed by atoms with Crippen molar-refractivity contribution in [2.45, 2.75) is 37.5 Å². The summed E-state index contributed by atoms with van der Waals surface area (Å²) in [6, 6.07) is 15.7. The third-order valence-corrected chi connectivity index (χ3v) is 6.86. The van der Waals surface area contributed by atoms with Crippen molar-refractivity contribution in [1.29, 1.82) is 0 Å². The Kier molecular flexibility index (Phi) is 6.81. The van der Waals surface area contributed by atoms with Gasteiger partial charge in [-0.15, -0.1) is 0 Å². The Morgan fingerprint density at radius 3 is 2.33 bits per heavy atom. The SMILES string of the molecule is O=C(O)NC1(c2ccc(-c3oc4nc(NCCO)n(CC(F)(F)F)c(=O)c4c3-c3ccccc3)cc2)CCC1. The second-order valence-corrected chi connectivity index (χ2v) is 9.39. The number of nitrogens with one attached hydrogen (secondary N) is 2. The van der Waals surface area contributed by atoms with Crippen molar-refractivity contribution < 1.29 is 32.6 Å². The van der Waals surface area contributed by atoms with Gasteiger partial charge >= 0.3 is 12.3 Å². The number of aromatic nitrogens is 2. The van der Waals surface area contributed by atoms with Crippen LogP contribution in [0.25, 0.3) is 33.6 Å². The van der Waals surface area contributed by atoms with Crippen LogP contribution in [0, 0.1) is 0 Å². The molecule has 1 saturated carbocycles. The van der Waals surface area contributed by atoms with Crippen molar-refractivity contribution in [2.24, 2.45) is 0 Å². The standard InChI is InChI=1S/C27H25F3N4O5/c28-27(29,30)15-34-23(36)20-19(16-5-2-1-3-6-16)21(39-22(20)32-24(34)31-13-14-35)17-7-9-18(10-8-17)26(11-4-12-26)33-25(37)38/h1-3,5-10,33,35H,4,11-15H2,(H,31,32)(H,37,38). The van der Waals surface area contributed by atoms with Crippen molar-refractivity contribution in [3.8, 4) is 22.5 Å². The van der Waals surface area contributed by atoms with Crippen molar-refractivity contribution in [3.63, 3.8) is 0 Å². The van der Waals surface area contributed by atoms with E-state index in [0.717, 1.165) is 12.0 Å². The van der Waals surface area contributed by atoms with Crippen LogP contribution in [-0.4, -0.2) is 45.2 Å². The summed E-state index contributed by atoms with van der Waals surface area (Å²) in [5, 5.41) is 23.5. The number of carboxylic acid groups (broad SMARTS) is 1. The van der Waals surface area contributed by atoms with Gasteiger partial charge in [0.05, 0.1) is 12.1 Å². The number of hydrogen-bond acceptors (Lipinski definition) is 6. The van der Waals surface area contributed by atoms with Crippen molar-refractivity contribution in [2.75, 3.05) is 18.5 Å². The molecule has 4 N–H and O–H groups in total. The lowest BCUT2D eigenvalue weighted by Crippen LogP contribution is -2.50. The van der Waals surface area contributed by atoms with E-state index < -0.39 is 29.9 Å². The number of aliphatic hydroxyl groups excluding tert-OH is 1. The predicted octanol–water partition coefficient (Wildman–Crippen LogP) is 4.94. The van der Waals surface area contributed by atoms with Crippen LogP contribution in [0.4, 0.5) is 23.9 Å². The molecular formula is C27H25F3N4O5. The van der Waals surface area contributed by atoms with Gasteiger partial charge in [0.25, 0.3) is 5.56 Å². The summed E-state index contributed by atoms with van der Waals surface area (Å²) in [6.07, 6.45) is -3.62. The van der Waals surface area contributed by atoms with Gasteiger partial charge in [-0.1, -0.05) is 54.6 Å². The van der Waals surface area contributed by atoms with E-state index in [0.29, 0.717) is 34.1 Å². The Morgan fingerprint density at radius 2 is 1.77 bits per heavy atom. The summed E-state index contributed by atoms with van der Waals surface area (Å²) >= 11 is 0. The molecule has 4 aromatic rings. The first-order valence-corrected chi connectivity index (χ1v) is 12.3. The molecule has 9 nitrogen and oxygen atoms in total. The van der Waals surface area contributed by atoms with Crippen LogP contribution in [0.3, 0.4) is 0 Å². The smallest absolute Gasteiger partial charge is 0.406 e. The van der Waals surface area contributed by atoms with E-state index >= 15 is 0 Å². The molecule has 0 aliphatic heterocycles. The maximum absolute atomic E-state index is 13.6. The van der Waals surface area contributed by atoms with Gasteiger partial charge in [0.2, 0.25) is 11.7 Å². The van der Waals surface area contributed by atoms with Crippen LogP contribution >= 0.6 is 0 Å². The van der Waals surface area contributed by atoms with E-state index in [9.17, 15) is 27.9 Å². The molecular weight excluding hydrogens is 517 g/mol. The number of hydrogen-bond donors (Lipinski definition) is 4. The molecule has 39 heavy (non-hydrogen) atoms. The average molecular weight is 543 g/mol. The Hall–Kier alpha value is -4.32. The molecule has 0 bridgehead atoms. The number of halogens is 3. The highest BCUT2D eigenvalue weighted by molar-refractivity contribution is 6.00. The summed E-state index contributed by atoms with van der Waals surface area (Å²) < 4.78 is 46.8. The van der Waals surface area contributed by atoms with E-state index in [1.165, 1.54) is 0 Å². The third kappa shape index (κ3) is 5.07. The van der Waals surface area contributed by atoms with Crippen molar-refractivity contribution >= 4 is 23.1 Å². The summed E-state index contributed by atoms with van der Waals surface area (Å²) in [7, 11) is 0. The van der Waals surface area contributed by atoms with E-state index in [1.54, 1.807) is 54.6 Å². The maximum Gasteiger partial charge on any atom is 0.406 e. The quantitative estimate of drug-likeness (QED) is 0.248. The fraction of sp³-hybridized carbons (Fsp3) is 0.296. The van der Waals surface area contributed by atoms with Gasteiger partial charge in [0.15, 0.2) is 0 Å². The zero-order chi connectivity index (χ0) is 27.8. The Labute approximate surface area is 219 Å². The number of aliphatic hydroxyl groups is 1. The largest absolute Gasteiger partial charge is 0.465 e. The third-order valence-electron chi connectivity index (χ3n) is 6.86. The number of amides is 1. The van der Waals surface area contributed by atoms with Gasteiger partial charge in [0, 0.05) is 17.7 Å². The molecule has 1 aliphatic rings. The van der Waals surface area contributed by atoms with Crippen LogP contribution in [0.1, 0.15) is 24.8 Å². The van der Waals surface area contributed by atoms with Gasteiger partial charge in [-0.05, 0) is 30.4 Å². The first-order chi connectivity index (χ1) is 18.6. The molecule has 5 rings (SSSR count). The molecule has 2 aromatic heterocycles. The molecule has 2 heterocycles. The number of alkyl halides is 3. The first kappa shape index (κ1) is 26.3. The maximum atomic E-state index is 13.6. The van der Waals surface area contributed by atoms with Gasteiger partial charge in [-0.3, -0.25) is 9.36 Å². The lowest BCUT2D eigenvalue weighted by Gasteiger charge is -2.42. The average Bonchev–Trinajstić information content (AvgIpc) is 3.26. The monoisotopic (exact) mass is 542 g/mol. The highest BCUT2D eigenvalue weighted by Gasteiger charge is 2.40. The topological polar surface area (TPSA) is 130 Å². The van der Waals surface area contributed by atoms with Gasteiger partial charge in [-0.25, -0.2) is 4.79 Å². The second kappa shape index (κ2) is 10.1. The molecule has 0 spiro atoms. The molecule has 1 amide bonds. The Balaban J connectivity index is 1.70. The molecule has 0 saturated heterocycles. The fourth-order valence-electron chi connectivity index (χ4n) is 4.96. The van der Waals surface area contributed by atoms with Crippen molar-refractivity contribution in [1.82, 2.24) is 14.9 Å². The molecule has 0 radical (unpaired) electrons. The van der Waals surface area contributed by atoms with Gasteiger partial charge < -0.3 is 25.3 Å². The number of carbonyl (C=O) groups is 1. The van der Waals surface area contributed by atoms with Crippen LogP contribution in [0.5, 0.6) is 0 Å². The highest BCUT2D eigenvalue weighted by atomic mass is 19.4. The first-order valence-electron chi connectivity index (χ1n) is 12.3. The Morgan fingerprint density at radius 1 is 1.08 bits per heavy atom. The Bertz CT molecular complexity index is 1560. The minimum absolute atomic E-state index is 0.109. The lowest BCUT2D eigenvalue weighted by molar-refractivity contribution is -0.140. The van der Waals surface area contributed by atoms with Gasteiger partial charge in [-0.2, -0.15) is 18.2 Å². The number of furan rings is 1. The van der Waals surface area contributed by atoms with Crippen LogP contribution < -0.4 is 16.2 Å². The van der Waals surface area contributed by atoms with Crippen LogP contribution in [0.2, 0.25) is 0 Å². The molecule has 2 aromatic carbocycles. The lowest BCUT2D eigenvalue weighted by atomic mass is 9.72. The van der Waals surface area contributed by atoms with E-state index in [-0.39, 0.29) is 36.0 Å². The molecule has 0 unspecified atom stereocenters.